The maximum absolute atomic E-state index is 5.16. The van der Waals surface area contributed by atoms with Crippen LogP contribution in [0.1, 0.15) is 25.1 Å². The Kier molecular flexibility index (Phi) is 4.10. The van der Waals surface area contributed by atoms with Crippen LogP contribution in [0, 0.1) is 6.92 Å². The van der Waals surface area contributed by atoms with E-state index in [2.05, 4.69) is 21.5 Å². The molecule has 1 heterocycles. The predicted molar refractivity (Wildman–Crippen MR) is 71.9 cm³/mol. The molecule has 0 bridgehead atoms. The van der Waals surface area contributed by atoms with Gasteiger partial charge < -0.3 is 10.1 Å². The van der Waals surface area contributed by atoms with Crippen LogP contribution in [-0.2, 0) is 0 Å². The van der Waals surface area contributed by atoms with Crippen molar-refractivity contribution in [2.45, 2.75) is 37.5 Å². The lowest BCUT2D eigenvalue weighted by Gasteiger charge is -2.20. The van der Waals surface area contributed by atoms with Crippen molar-refractivity contribution in [2.75, 3.05) is 18.7 Å². The van der Waals surface area contributed by atoms with Crippen LogP contribution < -0.4 is 10.1 Å². The van der Waals surface area contributed by atoms with Gasteiger partial charge in [0.1, 0.15) is 11.6 Å². The third-order valence-corrected chi connectivity index (χ3v) is 4.28. The van der Waals surface area contributed by atoms with Gasteiger partial charge in [0, 0.05) is 17.4 Å². The standard InChI is InChI=1S/C12H19N3OS/c1-8-13-11(7-12(14-8)16-2)15-9-5-4-6-10(9)17-3/h7,9-10H,4-6H2,1-3H3,(H,13,14,15). The molecule has 94 valence electrons. The quantitative estimate of drug-likeness (QED) is 0.893. The lowest BCUT2D eigenvalue weighted by molar-refractivity contribution is 0.396. The molecule has 1 aromatic heterocycles. The number of hydrogen-bond donors (Lipinski definition) is 1. The molecule has 1 aliphatic rings. The number of hydrogen-bond acceptors (Lipinski definition) is 5. The van der Waals surface area contributed by atoms with Gasteiger partial charge in [0.15, 0.2) is 0 Å². The Morgan fingerprint density at radius 3 is 2.94 bits per heavy atom. The highest BCUT2D eigenvalue weighted by Crippen LogP contribution is 2.30. The van der Waals surface area contributed by atoms with Crippen molar-refractivity contribution in [1.82, 2.24) is 9.97 Å². The van der Waals surface area contributed by atoms with E-state index < -0.39 is 0 Å². The van der Waals surface area contributed by atoms with Gasteiger partial charge in [-0.05, 0) is 26.0 Å². The Labute approximate surface area is 107 Å². The van der Waals surface area contributed by atoms with Crippen LogP contribution in [0.5, 0.6) is 5.88 Å². The number of thioether (sulfide) groups is 1. The zero-order chi connectivity index (χ0) is 12.3. The summed E-state index contributed by atoms with van der Waals surface area (Å²) in [5.74, 6) is 2.24. The van der Waals surface area contributed by atoms with Crippen LogP contribution in [0.4, 0.5) is 5.82 Å². The van der Waals surface area contributed by atoms with Gasteiger partial charge in [-0.15, -0.1) is 0 Å². The monoisotopic (exact) mass is 253 g/mol. The van der Waals surface area contributed by atoms with E-state index in [9.17, 15) is 0 Å². The SMILES string of the molecule is COc1cc(NC2CCCC2SC)nc(C)n1. The van der Waals surface area contributed by atoms with E-state index in [0.29, 0.717) is 17.2 Å². The summed E-state index contributed by atoms with van der Waals surface area (Å²) in [6.45, 7) is 1.88. The molecule has 0 radical (unpaired) electrons. The number of ether oxygens (including phenoxy) is 1. The molecule has 0 amide bonds. The Balaban J connectivity index is 2.09. The van der Waals surface area contributed by atoms with Crippen LogP contribution in [0.3, 0.4) is 0 Å². The fourth-order valence-corrected chi connectivity index (χ4v) is 3.22. The van der Waals surface area contributed by atoms with Crippen molar-refractivity contribution >= 4 is 17.6 Å². The summed E-state index contributed by atoms with van der Waals surface area (Å²) < 4.78 is 5.16. The highest BCUT2D eigenvalue weighted by atomic mass is 32.2. The third kappa shape index (κ3) is 3.03. The van der Waals surface area contributed by atoms with E-state index in [1.54, 1.807) is 7.11 Å². The number of nitrogens with zero attached hydrogens (tertiary/aromatic N) is 2. The minimum atomic E-state index is 0.518. The summed E-state index contributed by atoms with van der Waals surface area (Å²) in [7, 11) is 1.63. The summed E-state index contributed by atoms with van der Waals surface area (Å²) in [5, 5.41) is 4.20. The average Bonchev–Trinajstić information content (AvgIpc) is 2.75. The molecular weight excluding hydrogens is 234 g/mol. The fraction of sp³-hybridized carbons (Fsp3) is 0.667. The summed E-state index contributed by atoms with van der Waals surface area (Å²) >= 11 is 1.94. The Bertz CT molecular complexity index is 386. The van der Waals surface area contributed by atoms with Crippen molar-refractivity contribution in [3.8, 4) is 5.88 Å². The lowest BCUT2D eigenvalue weighted by Crippen LogP contribution is -2.26. The van der Waals surface area contributed by atoms with Gasteiger partial charge in [0.25, 0.3) is 0 Å². The number of nitrogens with one attached hydrogen (secondary N) is 1. The largest absolute Gasteiger partial charge is 0.481 e. The van der Waals surface area contributed by atoms with Crippen LogP contribution in [0.15, 0.2) is 6.07 Å². The smallest absolute Gasteiger partial charge is 0.218 e. The fourth-order valence-electron chi connectivity index (χ4n) is 2.28. The molecule has 1 aliphatic carbocycles. The van der Waals surface area contributed by atoms with E-state index in [1.807, 2.05) is 24.8 Å². The first-order chi connectivity index (χ1) is 8.22. The van der Waals surface area contributed by atoms with Crippen molar-refractivity contribution in [2.24, 2.45) is 0 Å². The molecule has 2 atom stereocenters. The van der Waals surface area contributed by atoms with E-state index in [4.69, 9.17) is 4.74 Å². The minimum absolute atomic E-state index is 0.518. The second-order valence-corrected chi connectivity index (χ2v) is 5.38. The molecule has 0 spiro atoms. The van der Waals surface area contributed by atoms with E-state index in [1.165, 1.54) is 19.3 Å². The number of methoxy groups -OCH3 is 1. The van der Waals surface area contributed by atoms with Crippen LogP contribution >= 0.6 is 11.8 Å². The molecule has 5 heteroatoms. The molecular formula is C12H19N3OS. The highest BCUT2D eigenvalue weighted by Gasteiger charge is 2.26. The highest BCUT2D eigenvalue weighted by molar-refractivity contribution is 7.99. The number of anilines is 1. The molecule has 4 nitrogen and oxygen atoms in total. The Hall–Kier alpha value is -0.970. The maximum atomic E-state index is 5.16. The lowest BCUT2D eigenvalue weighted by atomic mass is 10.2. The number of aromatic nitrogens is 2. The normalized spacial score (nSPS) is 23.7. The average molecular weight is 253 g/mol. The van der Waals surface area contributed by atoms with Gasteiger partial charge in [0.05, 0.1) is 7.11 Å². The molecule has 2 rings (SSSR count). The zero-order valence-corrected chi connectivity index (χ0v) is 11.4. The second-order valence-electron chi connectivity index (χ2n) is 4.30. The molecule has 0 aliphatic heterocycles. The first-order valence-electron chi connectivity index (χ1n) is 5.92. The predicted octanol–water partition coefficient (Wildman–Crippen LogP) is 2.49. The van der Waals surface area contributed by atoms with Gasteiger partial charge in [0.2, 0.25) is 5.88 Å². The molecule has 0 saturated heterocycles. The summed E-state index contributed by atoms with van der Waals surface area (Å²) in [6.07, 6.45) is 5.98. The van der Waals surface area contributed by atoms with Crippen molar-refractivity contribution in [1.29, 1.82) is 0 Å². The van der Waals surface area contributed by atoms with Crippen LogP contribution in [0.2, 0.25) is 0 Å². The number of aryl methyl sites for hydroxylation is 1. The number of rotatable bonds is 4. The summed E-state index contributed by atoms with van der Waals surface area (Å²) in [6, 6.07) is 2.38. The summed E-state index contributed by atoms with van der Waals surface area (Å²) in [4.78, 5) is 8.59. The molecule has 2 unspecified atom stereocenters. The van der Waals surface area contributed by atoms with Crippen molar-refractivity contribution < 1.29 is 4.74 Å². The zero-order valence-electron chi connectivity index (χ0n) is 10.6. The Morgan fingerprint density at radius 2 is 2.24 bits per heavy atom. The third-order valence-electron chi connectivity index (χ3n) is 3.11. The van der Waals surface area contributed by atoms with E-state index in [-0.39, 0.29) is 0 Å². The van der Waals surface area contributed by atoms with Gasteiger partial charge in [-0.25, -0.2) is 4.98 Å². The summed E-state index contributed by atoms with van der Waals surface area (Å²) in [5.41, 5.74) is 0. The molecule has 1 saturated carbocycles. The van der Waals surface area contributed by atoms with Crippen LogP contribution in [0.25, 0.3) is 0 Å². The van der Waals surface area contributed by atoms with Crippen molar-refractivity contribution in [3.63, 3.8) is 0 Å². The first-order valence-corrected chi connectivity index (χ1v) is 7.20. The topological polar surface area (TPSA) is 47.0 Å². The van der Waals surface area contributed by atoms with Crippen molar-refractivity contribution in [3.05, 3.63) is 11.9 Å². The van der Waals surface area contributed by atoms with Gasteiger partial charge in [-0.3, -0.25) is 0 Å². The van der Waals surface area contributed by atoms with E-state index in [0.717, 1.165) is 11.6 Å². The van der Waals surface area contributed by atoms with Gasteiger partial charge in [-0.1, -0.05) is 6.42 Å². The van der Waals surface area contributed by atoms with Gasteiger partial charge >= 0.3 is 0 Å². The van der Waals surface area contributed by atoms with E-state index >= 15 is 0 Å². The Morgan fingerprint density at radius 1 is 1.41 bits per heavy atom. The second kappa shape index (κ2) is 5.58. The van der Waals surface area contributed by atoms with Crippen LogP contribution in [-0.4, -0.2) is 34.6 Å². The first kappa shape index (κ1) is 12.5. The molecule has 1 N–H and O–H groups in total. The molecule has 1 aromatic rings. The maximum Gasteiger partial charge on any atom is 0.218 e. The minimum Gasteiger partial charge on any atom is -0.481 e. The molecule has 17 heavy (non-hydrogen) atoms. The van der Waals surface area contributed by atoms with Gasteiger partial charge in [-0.2, -0.15) is 16.7 Å². The molecule has 0 aromatic carbocycles. The molecule has 1 fully saturated rings.